The predicted molar refractivity (Wildman–Crippen MR) is 80.3 cm³/mol. The van der Waals surface area contributed by atoms with Crippen LogP contribution in [0.3, 0.4) is 0 Å². The van der Waals surface area contributed by atoms with Gasteiger partial charge in [0.15, 0.2) is 5.03 Å². The van der Waals surface area contributed by atoms with Crippen molar-refractivity contribution in [3.8, 4) is 0 Å². The summed E-state index contributed by atoms with van der Waals surface area (Å²) in [5, 5.41) is 0.645. The van der Waals surface area contributed by atoms with Gasteiger partial charge in [0.1, 0.15) is 5.82 Å². The van der Waals surface area contributed by atoms with E-state index in [0.717, 1.165) is 0 Å². The Labute approximate surface area is 121 Å². The van der Waals surface area contributed by atoms with Crippen LogP contribution in [0.5, 0.6) is 0 Å². The Kier molecular flexibility index (Phi) is 3.02. The van der Waals surface area contributed by atoms with E-state index < -0.39 is 10.0 Å². The Balaban J connectivity index is 2.08. The van der Waals surface area contributed by atoms with Gasteiger partial charge in [0.2, 0.25) is 0 Å². The molecule has 2 heterocycles. The van der Waals surface area contributed by atoms with E-state index in [2.05, 4.69) is 19.7 Å². The van der Waals surface area contributed by atoms with E-state index in [1.807, 2.05) is 0 Å². The number of nitrogen functional groups attached to an aromatic ring is 1. The first kappa shape index (κ1) is 13.4. The minimum absolute atomic E-state index is 0.00821. The van der Waals surface area contributed by atoms with Gasteiger partial charge >= 0.3 is 0 Å². The molecule has 4 N–H and O–H groups in total. The van der Waals surface area contributed by atoms with Gasteiger partial charge in [-0.25, -0.2) is 4.98 Å². The normalized spacial score (nSPS) is 11.7. The van der Waals surface area contributed by atoms with Crippen molar-refractivity contribution in [2.24, 2.45) is 0 Å². The number of H-pyrrole nitrogens is 1. The summed E-state index contributed by atoms with van der Waals surface area (Å²) in [5.41, 5.74) is 7.31. The molecular weight excluding hydrogens is 290 g/mol. The number of nitrogens with two attached hydrogens (primary N) is 1. The Hall–Kier alpha value is -2.61. The lowest BCUT2D eigenvalue weighted by atomic mass is 10.1. The van der Waals surface area contributed by atoms with Gasteiger partial charge in [0, 0.05) is 11.6 Å². The van der Waals surface area contributed by atoms with Crippen molar-refractivity contribution in [2.45, 2.75) is 11.9 Å². The van der Waals surface area contributed by atoms with Crippen LogP contribution in [-0.2, 0) is 10.0 Å². The first-order valence-electron chi connectivity index (χ1n) is 6.15. The highest BCUT2D eigenvalue weighted by molar-refractivity contribution is 7.92. The molecule has 0 radical (unpaired) electrons. The smallest absolute Gasteiger partial charge is 0.279 e. The summed E-state index contributed by atoms with van der Waals surface area (Å²) in [6, 6.07) is 6.71. The lowest BCUT2D eigenvalue weighted by molar-refractivity contribution is 0.598. The van der Waals surface area contributed by atoms with E-state index in [0.29, 0.717) is 28.1 Å². The molecule has 0 atom stereocenters. The van der Waals surface area contributed by atoms with E-state index in [9.17, 15) is 8.42 Å². The van der Waals surface area contributed by atoms with Crippen molar-refractivity contribution >= 4 is 32.3 Å². The largest absolute Gasteiger partial charge is 0.397 e. The van der Waals surface area contributed by atoms with Crippen molar-refractivity contribution in [1.29, 1.82) is 0 Å². The number of aromatic nitrogens is 3. The summed E-state index contributed by atoms with van der Waals surface area (Å²) < 4.78 is 27.1. The van der Waals surface area contributed by atoms with Crippen LogP contribution < -0.4 is 10.5 Å². The van der Waals surface area contributed by atoms with Crippen molar-refractivity contribution in [3.63, 3.8) is 0 Å². The number of fused-ring (bicyclic) bond motifs is 1. The maximum atomic E-state index is 12.3. The molecule has 0 unspecified atom stereocenters. The monoisotopic (exact) mass is 303 g/mol. The van der Waals surface area contributed by atoms with Crippen LogP contribution in [0, 0.1) is 6.92 Å². The SMILES string of the molecule is Cc1ncc(S(=O)(=O)Nc2ccc(N)c3ncccc23)[nH]1. The second-order valence-corrected chi connectivity index (χ2v) is 6.19. The third-order valence-corrected chi connectivity index (χ3v) is 4.29. The zero-order chi connectivity index (χ0) is 15.0. The molecule has 0 spiro atoms. The molecule has 3 aromatic rings. The van der Waals surface area contributed by atoms with Gasteiger partial charge < -0.3 is 10.7 Å². The molecule has 3 rings (SSSR count). The van der Waals surface area contributed by atoms with Crippen molar-refractivity contribution in [2.75, 3.05) is 10.5 Å². The molecule has 7 nitrogen and oxygen atoms in total. The number of aryl methyl sites for hydroxylation is 1. The Morgan fingerprint density at radius 1 is 1.24 bits per heavy atom. The van der Waals surface area contributed by atoms with Crippen molar-refractivity contribution in [3.05, 3.63) is 42.5 Å². The molecule has 0 saturated carbocycles. The summed E-state index contributed by atoms with van der Waals surface area (Å²) in [4.78, 5) is 10.8. The number of imidazole rings is 1. The third kappa shape index (κ3) is 2.40. The van der Waals surface area contributed by atoms with Gasteiger partial charge in [-0.1, -0.05) is 0 Å². The minimum atomic E-state index is -3.73. The fourth-order valence-corrected chi connectivity index (χ4v) is 3.07. The molecule has 0 amide bonds. The molecule has 21 heavy (non-hydrogen) atoms. The lowest BCUT2D eigenvalue weighted by Crippen LogP contribution is -2.14. The number of hydrogen-bond acceptors (Lipinski definition) is 5. The molecule has 2 aromatic heterocycles. The molecule has 8 heteroatoms. The van der Waals surface area contributed by atoms with E-state index in [-0.39, 0.29) is 5.03 Å². The molecule has 0 bridgehead atoms. The maximum Gasteiger partial charge on any atom is 0.279 e. The minimum Gasteiger partial charge on any atom is -0.397 e. The van der Waals surface area contributed by atoms with Gasteiger partial charge in [-0.05, 0) is 31.2 Å². The Morgan fingerprint density at radius 2 is 2.05 bits per heavy atom. The summed E-state index contributed by atoms with van der Waals surface area (Å²) in [7, 11) is -3.73. The Morgan fingerprint density at radius 3 is 2.76 bits per heavy atom. The van der Waals surface area contributed by atoms with E-state index in [4.69, 9.17) is 5.73 Å². The van der Waals surface area contributed by atoms with Gasteiger partial charge in [-0.3, -0.25) is 9.71 Å². The molecule has 108 valence electrons. The van der Waals surface area contributed by atoms with Gasteiger partial charge in [-0.15, -0.1) is 0 Å². The average Bonchev–Trinajstić information content (AvgIpc) is 2.90. The van der Waals surface area contributed by atoms with Crippen molar-refractivity contribution in [1.82, 2.24) is 15.0 Å². The van der Waals surface area contributed by atoms with Crippen LogP contribution in [0.1, 0.15) is 5.82 Å². The quantitative estimate of drug-likeness (QED) is 0.637. The molecule has 0 fully saturated rings. The molecular formula is C13H13N5O2S. The predicted octanol–water partition coefficient (Wildman–Crippen LogP) is 1.65. The first-order valence-corrected chi connectivity index (χ1v) is 7.63. The Bertz CT molecular complexity index is 917. The fraction of sp³-hybridized carbons (Fsp3) is 0.0769. The zero-order valence-corrected chi connectivity index (χ0v) is 12.0. The summed E-state index contributed by atoms with van der Waals surface area (Å²) in [5.74, 6) is 0.527. The van der Waals surface area contributed by atoms with Crippen LogP contribution in [0.2, 0.25) is 0 Å². The van der Waals surface area contributed by atoms with Gasteiger partial charge in [0.25, 0.3) is 10.0 Å². The topological polar surface area (TPSA) is 114 Å². The second-order valence-electron chi connectivity index (χ2n) is 4.54. The van der Waals surface area contributed by atoms with E-state index in [1.54, 1.807) is 37.4 Å². The average molecular weight is 303 g/mol. The standard InChI is InChI=1S/C13H13N5O2S/c1-8-16-7-12(17-8)21(19,20)18-11-5-4-10(14)13-9(11)3-2-6-15-13/h2-7,18H,14H2,1H3,(H,16,17). The first-order chi connectivity index (χ1) is 9.97. The molecule has 0 aliphatic rings. The number of benzene rings is 1. The van der Waals surface area contributed by atoms with E-state index in [1.165, 1.54) is 6.20 Å². The number of aromatic amines is 1. The van der Waals surface area contributed by atoms with Crippen LogP contribution >= 0.6 is 0 Å². The van der Waals surface area contributed by atoms with Crippen LogP contribution in [0.25, 0.3) is 10.9 Å². The maximum absolute atomic E-state index is 12.3. The number of nitrogens with one attached hydrogen (secondary N) is 2. The van der Waals surface area contributed by atoms with Gasteiger partial charge in [-0.2, -0.15) is 8.42 Å². The summed E-state index contributed by atoms with van der Waals surface area (Å²) >= 11 is 0. The molecule has 0 saturated heterocycles. The van der Waals surface area contributed by atoms with Crippen molar-refractivity contribution < 1.29 is 8.42 Å². The third-order valence-electron chi connectivity index (χ3n) is 3.01. The number of hydrogen-bond donors (Lipinski definition) is 3. The number of pyridine rings is 1. The van der Waals surface area contributed by atoms with Crippen LogP contribution in [0.4, 0.5) is 11.4 Å². The lowest BCUT2D eigenvalue weighted by Gasteiger charge is -2.10. The van der Waals surface area contributed by atoms with Crippen LogP contribution in [0.15, 0.2) is 41.7 Å². The molecule has 0 aliphatic heterocycles. The van der Waals surface area contributed by atoms with Gasteiger partial charge in [0.05, 0.1) is 23.1 Å². The highest BCUT2D eigenvalue weighted by Gasteiger charge is 2.18. The number of sulfonamides is 1. The number of anilines is 2. The second kappa shape index (κ2) is 4.74. The fourth-order valence-electron chi connectivity index (χ4n) is 2.02. The summed E-state index contributed by atoms with van der Waals surface area (Å²) in [6.07, 6.45) is 2.88. The number of rotatable bonds is 3. The van der Waals surface area contributed by atoms with E-state index >= 15 is 0 Å². The highest BCUT2D eigenvalue weighted by Crippen LogP contribution is 2.28. The number of nitrogens with zero attached hydrogens (tertiary/aromatic N) is 2. The van der Waals surface area contributed by atoms with Crippen LogP contribution in [-0.4, -0.2) is 23.4 Å². The molecule has 1 aromatic carbocycles. The highest BCUT2D eigenvalue weighted by atomic mass is 32.2. The summed E-state index contributed by atoms with van der Waals surface area (Å²) in [6.45, 7) is 1.68. The molecule has 0 aliphatic carbocycles. The zero-order valence-electron chi connectivity index (χ0n) is 11.2.